The van der Waals surface area contributed by atoms with Crippen molar-refractivity contribution in [3.05, 3.63) is 48.1 Å². The lowest BCUT2D eigenvalue weighted by Crippen LogP contribution is -2.12. The zero-order valence-electron chi connectivity index (χ0n) is 11.2. The Morgan fingerprint density at radius 1 is 1.25 bits per heavy atom. The molecule has 5 heteroatoms. The summed E-state index contributed by atoms with van der Waals surface area (Å²) in [6.45, 7) is 5.43. The Morgan fingerprint density at radius 3 is 2.45 bits per heavy atom. The van der Waals surface area contributed by atoms with Crippen molar-refractivity contribution in [3.8, 4) is 5.75 Å². The van der Waals surface area contributed by atoms with Crippen molar-refractivity contribution in [1.29, 1.82) is 0 Å². The summed E-state index contributed by atoms with van der Waals surface area (Å²) in [7, 11) is 0. The van der Waals surface area contributed by atoms with E-state index in [1.54, 1.807) is 31.2 Å². The molecular formula is C15H16O5. The molecule has 0 heterocycles. The molecule has 0 fully saturated rings. The van der Waals surface area contributed by atoms with Gasteiger partial charge in [0.2, 0.25) is 0 Å². The van der Waals surface area contributed by atoms with E-state index >= 15 is 0 Å². The van der Waals surface area contributed by atoms with Crippen LogP contribution in [0.3, 0.4) is 0 Å². The van der Waals surface area contributed by atoms with Gasteiger partial charge in [-0.05, 0) is 30.7 Å². The van der Waals surface area contributed by atoms with Crippen LogP contribution in [0.4, 0.5) is 0 Å². The number of rotatable bonds is 7. The summed E-state index contributed by atoms with van der Waals surface area (Å²) < 4.78 is 10.2. The summed E-state index contributed by atoms with van der Waals surface area (Å²) in [6.07, 6.45) is 2.55. The van der Waals surface area contributed by atoms with E-state index in [-0.39, 0.29) is 13.2 Å². The summed E-state index contributed by atoms with van der Waals surface area (Å²) in [5.74, 6) is -0.823. The van der Waals surface area contributed by atoms with Crippen molar-refractivity contribution < 1.29 is 24.2 Å². The minimum atomic E-state index is -0.996. The van der Waals surface area contributed by atoms with E-state index in [0.29, 0.717) is 11.3 Å². The van der Waals surface area contributed by atoms with Crippen LogP contribution in [0.1, 0.15) is 12.5 Å². The van der Waals surface area contributed by atoms with Crippen LogP contribution in [0.2, 0.25) is 0 Å². The van der Waals surface area contributed by atoms with Gasteiger partial charge in [-0.15, -0.1) is 0 Å². The highest BCUT2D eigenvalue weighted by molar-refractivity contribution is 5.87. The summed E-state index contributed by atoms with van der Waals surface area (Å²) >= 11 is 0. The van der Waals surface area contributed by atoms with Gasteiger partial charge in [-0.1, -0.05) is 18.7 Å². The normalized spacial score (nSPS) is 10.2. The average molecular weight is 276 g/mol. The highest BCUT2D eigenvalue weighted by atomic mass is 16.6. The Kier molecular flexibility index (Phi) is 6.03. The molecule has 0 spiro atoms. The van der Waals surface area contributed by atoms with Crippen LogP contribution in [0.25, 0.3) is 6.08 Å². The van der Waals surface area contributed by atoms with E-state index in [2.05, 4.69) is 6.58 Å². The van der Waals surface area contributed by atoms with Crippen molar-refractivity contribution in [2.24, 2.45) is 0 Å². The predicted octanol–water partition coefficient (Wildman–Crippen LogP) is 2.28. The minimum absolute atomic E-state index is 0.145. The second-order valence-corrected chi connectivity index (χ2v) is 4.01. The van der Waals surface area contributed by atoms with Crippen molar-refractivity contribution in [2.75, 3.05) is 13.2 Å². The van der Waals surface area contributed by atoms with Crippen LogP contribution in [0.5, 0.6) is 5.75 Å². The standard InChI is InChI=1S/C15H16O5/c1-11(2)15(18)20-10-9-19-13-6-3-12(4-7-13)5-8-14(16)17/h3-8H,1,9-10H2,2H3,(H,16,17). The summed E-state index contributed by atoms with van der Waals surface area (Å²) in [4.78, 5) is 21.5. The van der Waals surface area contributed by atoms with Crippen LogP contribution in [-0.4, -0.2) is 30.3 Å². The van der Waals surface area contributed by atoms with Gasteiger partial charge in [0.05, 0.1) is 0 Å². The summed E-state index contributed by atoms with van der Waals surface area (Å²) in [5.41, 5.74) is 1.10. The largest absolute Gasteiger partial charge is 0.490 e. The Hall–Kier alpha value is -2.56. The van der Waals surface area contributed by atoms with E-state index in [9.17, 15) is 9.59 Å². The average Bonchev–Trinajstić information content (AvgIpc) is 2.42. The lowest BCUT2D eigenvalue weighted by molar-refractivity contribution is -0.139. The monoisotopic (exact) mass is 276 g/mol. The predicted molar refractivity (Wildman–Crippen MR) is 74.4 cm³/mol. The first-order valence-electron chi connectivity index (χ1n) is 5.95. The van der Waals surface area contributed by atoms with Gasteiger partial charge in [0.1, 0.15) is 19.0 Å². The van der Waals surface area contributed by atoms with E-state index in [1.165, 1.54) is 6.08 Å². The van der Waals surface area contributed by atoms with Crippen LogP contribution >= 0.6 is 0 Å². The fourth-order valence-electron chi connectivity index (χ4n) is 1.26. The number of carbonyl (C=O) groups excluding carboxylic acids is 1. The van der Waals surface area contributed by atoms with Crippen molar-refractivity contribution >= 4 is 18.0 Å². The fourth-order valence-corrected chi connectivity index (χ4v) is 1.26. The molecule has 0 aliphatic heterocycles. The molecule has 1 aromatic carbocycles. The Morgan fingerprint density at radius 2 is 1.90 bits per heavy atom. The first-order valence-corrected chi connectivity index (χ1v) is 5.95. The zero-order chi connectivity index (χ0) is 15.0. The maximum Gasteiger partial charge on any atom is 0.333 e. The van der Waals surface area contributed by atoms with Gasteiger partial charge in [-0.2, -0.15) is 0 Å². The van der Waals surface area contributed by atoms with Crippen molar-refractivity contribution in [3.63, 3.8) is 0 Å². The Balaban J connectivity index is 2.37. The maximum atomic E-state index is 11.1. The number of hydrogen-bond donors (Lipinski definition) is 1. The second-order valence-electron chi connectivity index (χ2n) is 4.01. The third-order valence-electron chi connectivity index (χ3n) is 2.23. The number of carboxylic acids is 1. The molecule has 1 aromatic rings. The molecule has 0 aromatic heterocycles. The highest BCUT2D eigenvalue weighted by Crippen LogP contribution is 2.13. The molecule has 0 atom stereocenters. The molecule has 0 saturated carbocycles. The molecule has 1 N–H and O–H groups in total. The van der Waals surface area contributed by atoms with E-state index < -0.39 is 11.9 Å². The number of ether oxygens (including phenoxy) is 2. The molecule has 0 radical (unpaired) electrons. The number of aliphatic carboxylic acids is 1. The van der Waals surface area contributed by atoms with Gasteiger partial charge >= 0.3 is 11.9 Å². The molecule has 106 valence electrons. The number of carboxylic acid groups (broad SMARTS) is 1. The lowest BCUT2D eigenvalue weighted by atomic mass is 10.2. The molecule has 0 aliphatic carbocycles. The quantitative estimate of drug-likeness (QED) is 0.470. The van der Waals surface area contributed by atoms with E-state index in [0.717, 1.165) is 11.6 Å². The molecule has 0 bridgehead atoms. The Bertz CT molecular complexity index is 514. The van der Waals surface area contributed by atoms with Gasteiger partial charge in [0, 0.05) is 11.6 Å². The zero-order valence-corrected chi connectivity index (χ0v) is 11.2. The van der Waals surface area contributed by atoms with E-state index in [4.69, 9.17) is 14.6 Å². The first-order chi connectivity index (χ1) is 9.49. The minimum Gasteiger partial charge on any atom is -0.490 e. The molecular weight excluding hydrogens is 260 g/mol. The fraction of sp³-hybridized carbons (Fsp3) is 0.200. The van der Waals surface area contributed by atoms with Crippen molar-refractivity contribution in [2.45, 2.75) is 6.92 Å². The van der Waals surface area contributed by atoms with E-state index in [1.807, 2.05) is 0 Å². The van der Waals surface area contributed by atoms with Gasteiger partial charge in [0.25, 0.3) is 0 Å². The van der Waals surface area contributed by atoms with Gasteiger partial charge in [-0.3, -0.25) is 0 Å². The summed E-state index contributed by atoms with van der Waals surface area (Å²) in [6, 6.07) is 6.88. The molecule has 0 saturated heterocycles. The highest BCUT2D eigenvalue weighted by Gasteiger charge is 2.02. The number of esters is 1. The third kappa shape index (κ3) is 5.86. The molecule has 1 rings (SSSR count). The molecule has 5 nitrogen and oxygen atoms in total. The van der Waals surface area contributed by atoms with Gasteiger partial charge in [-0.25, -0.2) is 9.59 Å². The molecule has 0 unspecified atom stereocenters. The van der Waals surface area contributed by atoms with Gasteiger partial charge < -0.3 is 14.6 Å². The third-order valence-corrected chi connectivity index (χ3v) is 2.23. The lowest BCUT2D eigenvalue weighted by Gasteiger charge is -2.07. The smallest absolute Gasteiger partial charge is 0.333 e. The Labute approximate surface area is 117 Å². The van der Waals surface area contributed by atoms with Gasteiger partial charge in [0.15, 0.2) is 0 Å². The number of hydrogen-bond acceptors (Lipinski definition) is 4. The molecule has 0 aliphatic rings. The maximum absolute atomic E-state index is 11.1. The molecule has 0 amide bonds. The van der Waals surface area contributed by atoms with Crippen molar-refractivity contribution in [1.82, 2.24) is 0 Å². The van der Waals surface area contributed by atoms with Crippen LogP contribution in [0.15, 0.2) is 42.5 Å². The number of carbonyl (C=O) groups is 2. The van der Waals surface area contributed by atoms with Crippen LogP contribution in [-0.2, 0) is 14.3 Å². The topological polar surface area (TPSA) is 72.8 Å². The SMILES string of the molecule is C=C(C)C(=O)OCCOc1ccc(C=CC(=O)O)cc1. The number of benzene rings is 1. The van der Waals surface area contributed by atoms with Crippen LogP contribution in [0, 0.1) is 0 Å². The second kappa shape index (κ2) is 7.78. The summed E-state index contributed by atoms with van der Waals surface area (Å²) in [5, 5.41) is 8.50. The first kappa shape index (κ1) is 15.5. The van der Waals surface area contributed by atoms with Crippen LogP contribution < -0.4 is 4.74 Å². The molecule has 20 heavy (non-hydrogen) atoms.